The number of nitrogens with zero attached hydrogens (tertiary/aromatic N) is 3. The van der Waals surface area contributed by atoms with E-state index in [0.29, 0.717) is 4.88 Å². The standard InChI is InChI=1S/C18H20N4OS/c1-2-13-17(24-21-20-13)18(23)22-10-6-5-9-16(22)15-11-12-7-3-4-8-14(12)19-15/h3-4,7-8,11,16,19H,2,5-6,9-10H2,1H3. The molecule has 1 atom stereocenters. The van der Waals surface area contributed by atoms with Crippen LogP contribution in [-0.2, 0) is 6.42 Å². The van der Waals surface area contributed by atoms with Crippen LogP contribution in [0, 0.1) is 0 Å². The lowest BCUT2D eigenvalue weighted by Crippen LogP contribution is -2.38. The minimum Gasteiger partial charge on any atom is -0.357 e. The number of hydrogen-bond donors (Lipinski definition) is 1. The number of carbonyl (C=O) groups excluding carboxylic acids is 1. The topological polar surface area (TPSA) is 61.9 Å². The second-order valence-electron chi connectivity index (χ2n) is 6.22. The van der Waals surface area contributed by atoms with Crippen molar-refractivity contribution in [2.24, 2.45) is 0 Å². The average Bonchev–Trinajstić information content (AvgIpc) is 3.27. The smallest absolute Gasteiger partial charge is 0.268 e. The Morgan fingerprint density at radius 2 is 2.25 bits per heavy atom. The first-order valence-corrected chi connectivity index (χ1v) is 9.25. The number of piperidine rings is 1. The van der Waals surface area contributed by atoms with Gasteiger partial charge in [0, 0.05) is 17.8 Å². The Hall–Kier alpha value is -2.21. The number of aryl methyl sites for hydroxylation is 1. The summed E-state index contributed by atoms with van der Waals surface area (Å²) in [5.74, 6) is 0.0743. The number of amides is 1. The molecule has 24 heavy (non-hydrogen) atoms. The molecular formula is C18H20N4OS. The number of hydrogen-bond acceptors (Lipinski definition) is 4. The van der Waals surface area contributed by atoms with Crippen molar-refractivity contribution in [2.75, 3.05) is 6.54 Å². The van der Waals surface area contributed by atoms with Crippen LogP contribution in [0.2, 0.25) is 0 Å². The van der Waals surface area contributed by atoms with E-state index in [4.69, 9.17) is 0 Å². The Labute approximate surface area is 144 Å². The molecule has 0 aliphatic carbocycles. The van der Waals surface area contributed by atoms with Crippen molar-refractivity contribution in [1.29, 1.82) is 0 Å². The van der Waals surface area contributed by atoms with E-state index in [2.05, 4.69) is 32.8 Å². The molecule has 3 heterocycles. The SMILES string of the molecule is CCc1nnsc1C(=O)N1CCCCC1c1cc2ccccc2[nH]1. The van der Waals surface area contributed by atoms with E-state index >= 15 is 0 Å². The highest BCUT2D eigenvalue weighted by Gasteiger charge is 2.31. The molecule has 1 aromatic carbocycles. The third kappa shape index (κ3) is 2.60. The van der Waals surface area contributed by atoms with Gasteiger partial charge in [0.05, 0.1) is 11.7 Å². The van der Waals surface area contributed by atoms with Crippen molar-refractivity contribution in [3.8, 4) is 0 Å². The zero-order chi connectivity index (χ0) is 16.5. The summed E-state index contributed by atoms with van der Waals surface area (Å²) in [7, 11) is 0. The van der Waals surface area contributed by atoms with Crippen LogP contribution >= 0.6 is 11.5 Å². The first-order valence-electron chi connectivity index (χ1n) is 8.47. The molecule has 1 unspecified atom stereocenters. The molecule has 4 rings (SSSR count). The van der Waals surface area contributed by atoms with Crippen LogP contribution in [0.25, 0.3) is 10.9 Å². The fraction of sp³-hybridized carbons (Fsp3) is 0.389. The van der Waals surface area contributed by atoms with E-state index < -0.39 is 0 Å². The van der Waals surface area contributed by atoms with Crippen molar-refractivity contribution in [3.05, 3.63) is 46.6 Å². The van der Waals surface area contributed by atoms with Crippen molar-refractivity contribution >= 4 is 28.3 Å². The molecule has 6 heteroatoms. The molecule has 3 aromatic rings. The van der Waals surface area contributed by atoms with Crippen LogP contribution in [0.1, 0.15) is 53.3 Å². The second-order valence-corrected chi connectivity index (χ2v) is 6.98. The fourth-order valence-corrected chi connectivity index (χ4v) is 4.21. The van der Waals surface area contributed by atoms with Gasteiger partial charge in [-0.25, -0.2) is 0 Å². The predicted molar refractivity (Wildman–Crippen MR) is 95.2 cm³/mol. The van der Waals surface area contributed by atoms with Gasteiger partial charge in [0.2, 0.25) is 0 Å². The van der Waals surface area contributed by atoms with Gasteiger partial charge < -0.3 is 9.88 Å². The van der Waals surface area contributed by atoms with E-state index in [9.17, 15) is 4.79 Å². The molecule has 1 aliphatic heterocycles. The van der Waals surface area contributed by atoms with Gasteiger partial charge in [-0.05, 0) is 54.7 Å². The van der Waals surface area contributed by atoms with Gasteiger partial charge >= 0.3 is 0 Å². The molecule has 1 fully saturated rings. The zero-order valence-corrected chi connectivity index (χ0v) is 14.5. The van der Waals surface area contributed by atoms with Gasteiger partial charge in [0.25, 0.3) is 5.91 Å². The maximum atomic E-state index is 13.1. The number of fused-ring (bicyclic) bond motifs is 1. The van der Waals surface area contributed by atoms with Gasteiger partial charge in [0.1, 0.15) is 4.88 Å². The third-order valence-electron chi connectivity index (χ3n) is 4.76. The van der Waals surface area contributed by atoms with Crippen molar-refractivity contribution in [2.45, 2.75) is 38.6 Å². The predicted octanol–water partition coefficient (Wildman–Crippen LogP) is 3.95. The van der Waals surface area contributed by atoms with Crippen LogP contribution in [0.15, 0.2) is 30.3 Å². The van der Waals surface area contributed by atoms with E-state index in [1.165, 1.54) is 16.9 Å². The lowest BCUT2D eigenvalue weighted by molar-refractivity contribution is 0.0610. The number of rotatable bonds is 3. The minimum atomic E-state index is 0.0743. The number of aromatic nitrogens is 3. The number of para-hydroxylation sites is 1. The molecule has 0 spiro atoms. The number of nitrogens with one attached hydrogen (secondary N) is 1. The molecule has 1 amide bonds. The van der Waals surface area contributed by atoms with Crippen molar-refractivity contribution < 1.29 is 4.79 Å². The van der Waals surface area contributed by atoms with Crippen molar-refractivity contribution in [3.63, 3.8) is 0 Å². The summed E-state index contributed by atoms with van der Waals surface area (Å²) in [6.45, 7) is 2.80. The van der Waals surface area contributed by atoms with Crippen LogP contribution in [-0.4, -0.2) is 31.9 Å². The Morgan fingerprint density at radius 3 is 3.08 bits per heavy atom. The molecule has 1 saturated heterocycles. The minimum absolute atomic E-state index is 0.0743. The Balaban J connectivity index is 1.69. The number of aromatic amines is 1. The number of likely N-dealkylation sites (tertiary alicyclic amines) is 1. The maximum absolute atomic E-state index is 13.1. The monoisotopic (exact) mass is 340 g/mol. The molecule has 1 aliphatic rings. The van der Waals surface area contributed by atoms with E-state index in [1.54, 1.807) is 0 Å². The largest absolute Gasteiger partial charge is 0.357 e. The van der Waals surface area contributed by atoms with Gasteiger partial charge in [-0.3, -0.25) is 4.79 Å². The maximum Gasteiger partial charge on any atom is 0.268 e. The van der Waals surface area contributed by atoms with Gasteiger partial charge in [-0.2, -0.15) is 0 Å². The molecule has 124 valence electrons. The van der Waals surface area contributed by atoms with Gasteiger partial charge in [0.15, 0.2) is 0 Å². The van der Waals surface area contributed by atoms with Crippen molar-refractivity contribution in [1.82, 2.24) is 19.5 Å². The highest BCUT2D eigenvalue weighted by molar-refractivity contribution is 7.08. The van der Waals surface area contributed by atoms with E-state index in [0.717, 1.165) is 49.1 Å². The van der Waals surface area contributed by atoms with Crippen LogP contribution in [0.3, 0.4) is 0 Å². The summed E-state index contributed by atoms with van der Waals surface area (Å²) in [5.41, 5.74) is 3.06. The Kier molecular flexibility index (Phi) is 4.06. The first-order chi connectivity index (χ1) is 11.8. The molecule has 2 aromatic heterocycles. The summed E-state index contributed by atoms with van der Waals surface area (Å²) in [6, 6.07) is 10.5. The molecule has 5 nitrogen and oxygen atoms in total. The molecule has 0 saturated carbocycles. The summed E-state index contributed by atoms with van der Waals surface area (Å²) in [5, 5.41) is 5.29. The fourth-order valence-electron chi connectivity index (χ4n) is 3.51. The lowest BCUT2D eigenvalue weighted by atomic mass is 9.98. The summed E-state index contributed by atoms with van der Waals surface area (Å²) in [6.07, 6.45) is 3.93. The number of carbonyl (C=O) groups is 1. The number of benzene rings is 1. The Morgan fingerprint density at radius 1 is 1.38 bits per heavy atom. The molecule has 0 bridgehead atoms. The quantitative estimate of drug-likeness (QED) is 0.785. The number of H-pyrrole nitrogens is 1. The lowest BCUT2D eigenvalue weighted by Gasteiger charge is -2.35. The highest BCUT2D eigenvalue weighted by atomic mass is 32.1. The highest BCUT2D eigenvalue weighted by Crippen LogP contribution is 2.34. The Bertz CT molecular complexity index is 836. The third-order valence-corrected chi connectivity index (χ3v) is 5.51. The van der Waals surface area contributed by atoms with Gasteiger partial charge in [-0.15, -0.1) is 5.10 Å². The summed E-state index contributed by atoms with van der Waals surface area (Å²) in [4.78, 5) is 19.3. The van der Waals surface area contributed by atoms with E-state index in [-0.39, 0.29) is 11.9 Å². The zero-order valence-electron chi connectivity index (χ0n) is 13.7. The summed E-state index contributed by atoms with van der Waals surface area (Å²) < 4.78 is 3.98. The first kappa shape index (κ1) is 15.3. The van der Waals surface area contributed by atoms with Crippen LogP contribution < -0.4 is 0 Å². The van der Waals surface area contributed by atoms with Crippen LogP contribution in [0.4, 0.5) is 0 Å². The van der Waals surface area contributed by atoms with E-state index in [1.807, 2.05) is 24.0 Å². The molecular weight excluding hydrogens is 320 g/mol. The summed E-state index contributed by atoms with van der Waals surface area (Å²) >= 11 is 1.22. The average molecular weight is 340 g/mol. The molecule has 0 radical (unpaired) electrons. The second kappa shape index (κ2) is 6.36. The van der Waals surface area contributed by atoms with Gasteiger partial charge in [-0.1, -0.05) is 29.6 Å². The van der Waals surface area contributed by atoms with Crippen LogP contribution in [0.5, 0.6) is 0 Å². The molecule has 1 N–H and O–H groups in total. The normalized spacial score (nSPS) is 18.2.